The van der Waals surface area contributed by atoms with Gasteiger partial charge in [0.2, 0.25) is 0 Å². The van der Waals surface area contributed by atoms with Crippen molar-refractivity contribution in [3.63, 3.8) is 0 Å². The predicted molar refractivity (Wildman–Crippen MR) is 118 cm³/mol. The van der Waals surface area contributed by atoms with Crippen LogP contribution in [-0.2, 0) is 0 Å². The van der Waals surface area contributed by atoms with Crippen molar-refractivity contribution in [3.05, 3.63) is 41.3 Å². The number of nitrogens with zero attached hydrogens (tertiary/aromatic N) is 4. The molecule has 1 aliphatic heterocycles. The van der Waals surface area contributed by atoms with Crippen molar-refractivity contribution in [2.75, 3.05) is 30.8 Å². The van der Waals surface area contributed by atoms with E-state index in [2.05, 4.69) is 20.4 Å². The highest BCUT2D eigenvalue weighted by molar-refractivity contribution is 6.11. The molecule has 9 nitrogen and oxygen atoms in total. The summed E-state index contributed by atoms with van der Waals surface area (Å²) in [4.78, 5) is 19.3. The van der Waals surface area contributed by atoms with Gasteiger partial charge in [-0.1, -0.05) is 0 Å². The van der Waals surface area contributed by atoms with E-state index in [9.17, 15) is 9.18 Å². The number of nitrogens with two attached hydrogens (primary N) is 2. The van der Waals surface area contributed by atoms with E-state index in [4.69, 9.17) is 16.5 Å². The largest absolute Gasteiger partial charge is 0.384 e. The van der Waals surface area contributed by atoms with Crippen molar-refractivity contribution in [2.45, 2.75) is 19.4 Å². The third-order valence-electron chi connectivity index (χ3n) is 6.14. The number of likely N-dealkylation sites (N-methyl/N-ethyl adjacent to an activating group) is 1. The zero-order valence-electron chi connectivity index (χ0n) is 17.2. The minimum Gasteiger partial charge on any atom is -0.384 e. The average molecular weight is 422 g/mol. The van der Waals surface area contributed by atoms with Crippen LogP contribution in [0.2, 0.25) is 0 Å². The molecule has 31 heavy (non-hydrogen) atoms. The standard InChI is InChI=1S/C21H23FN8O/c1-10-14(22)7-15-13(8-26-28-15)18(10)30-19(23)17(20(24)31)12-3-4-16(27-21(12)30)29-6-5-11(9-29)25-2/h3-4,7-8,11,25H,5-6,9,23H2,1-2H3,(H2,24,31)(H,26,28)/t11-/m0/s1. The minimum atomic E-state index is -0.662. The number of fused-ring (bicyclic) bond motifs is 2. The highest BCUT2D eigenvalue weighted by Crippen LogP contribution is 2.36. The van der Waals surface area contributed by atoms with Crippen molar-refractivity contribution in [1.29, 1.82) is 0 Å². The van der Waals surface area contributed by atoms with Gasteiger partial charge < -0.3 is 21.7 Å². The van der Waals surface area contributed by atoms with Crippen LogP contribution in [0.1, 0.15) is 22.3 Å². The molecule has 1 aliphatic rings. The number of primary amides is 1. The number of aromatic nitrogens is 4. The highest BCUT2D eigenvalue weighted by Gasteiger charge is 2.27. The van der Waals surface area contributed by atoms with Crippen LogP contribution in [0.3, 0.4) is 0 Å². The van der Waals surface area contributed by atoms with E-state index in [-0.39, 0.29) is 11.4 Å². The first-order chi connectivity index (χ1) is 14.9. The van der Waals surface area contributed by atoms with Gasteiger partial charge in [0.05, 0.1) is 23.0 Å². The minimum absolute atomic E-state index is 0.123. The van der Waals surface area contributed by atoms with Gasteiger partial charge in [-0.25, -0.2) is 9.37 Å². The Morgan fingerprint density at radius 2 is 2.16 bits per heavy atom. The van der Waals surface area contributed by atoms with Crippen LogP contribution in [0, 0.1) is 12.7 Å². The molecule has 0 bridgehead atoms. The molecule has 6 N–H and O–H groups in total. The number of H-pyrrole nitrogens is 1. The summed E-state index contributed by atoms with van der Waals surface area (Å²) < 4.78 is 16.4. The molecule has 1 atom stereocenters. The molecule has 1 aromatic carbocycles. The lowest BCUT2D eigenvalue weighted by molar-refractivity contribution is 0.100. The van der Waals surface area contributed by atoms with Gasteiger partial charge in [-0.15, -0.1) is 0 Å². The Morgan fingerprint density at radius 3 is 2.87 bits per heavy atom. The number of pyridine rings is 1. The van der Waals surface area contributed by atoms with Gasteiger partial charge in [0, 0.05) is 35.5 Å². The molecule has 5 rings (SSSR count). The number of carbonyl (C=O) groups excluding carboxylic acids is 1. The fourth-order valence-electron chi connectivity index (χ4n) is 4.47. The van der Waals surface area contributed by atoms with Gasteiger partial charge in [-0.3, -0.25) is 14.5 Å². The number of halogens is 1. The number of aromatic amines is 1. The summed E-state index contributed by atoms with van der Waals surface area (Å²) >= 11 is 0. The zero-order chi connectivity index (χ0) is 21.9. The molecular weight excluding hydrogens is 399 g/mol. The number of rotatable bonds is 4. The summed E-state index contributed by atoms with van der Waals surface area (Å²) in [5, 5.41) is 11.3. The molecule has 1 fully saturated rings. The Bertz CT molecular complexity index is 1340. The Balaban J connectivity index is 1.81. The van der Waals surface area contributed by atoms with E-state index in [1.165, 1.54) is 6.07 Å². The van der Waals surface area contributed by atoms with Gasteiger partial charge in [0.25, 0.3) is 5.91 Å². The topological polar surface area (TPSA) is 131 Å². The number of anilines is 2. The van der Waals surface area contributed by atoms with Crippen LogP contribution in [0.15, 0.2) is 24.4 Å². The molecule has 0 unspecified atom stereocenters. The molecule has 4 heterocycles. The van der Waals surface area contributed by atoms with Crippen LogP contribution >= 0.6 is 0 Å². The first-order valence-corrected chi connectivity index (χ1v) is 10.1. The lowest BCUT2D eigenvalue weighted by Gasteiger charge is -2.18. The van der Waals surface area contributed by atoms with Crippen LogP contribution in [0.25, 0.3) is 27.6 Å². The Morgan fingerprint density at radius 1 is 1.35 bits per heavy atom. The Kier molecular flexibility index (Phi) is 4.33. The van der Waals surface area contributed by atoms with Gasteiger partial charge in [0.1, 0.15) is 23.1 Å². The quantitative estimate of drug-likeness (QED) is 0.397. The summed E-state index contributed by atoms with van der Waals surface area (Å²) in [6.07, 6.45) is 2.61. The fourth-order valence-corrected chi connectivity index (χ4v) is 4.47. The molecule has 3 aromatic heterocycles. The second-order valence-electron chi connectivity index (χ2n) is 7.88. The highest BCUT2D eigenvalue weighted by atomic mass is 19.1. The molecule has 0 radical (unpaired) electrons. The maximum Gasteiger partial charge on any atom is 0.253 e. The predicted octanol–water partition coefficient (Wildman–Crippen LogP) is 1.83. The monoisotopic (exact) mass is 422 g/mol. The summed E-state index contributed by atoms with van der Waals surface area (Å²) in [6.45, 7) is 3.33. The van der Waals surface area contributed by atoms with E-state index in [1.807, 2.05) is 13.1 Å². The van der Waals surface area contributed by atoms with E-state index in [0.717, 1.165) is 25.3 Å². The molecule has 0 spiro atoms. The van der Waals surface area contributed by atoms with Gasteiger partial charge in [0.15, 0.2) is 0 Å². The zero-order valence-corrected chi connectivity index (χ0v) is 17.2. The lowest BCUT2D eigenvalue weighted by atomic mass is 10.1. The number of hydrogen-bond donors (Lipinski definition) is 4. The average Bonchev–Trinajstić information content (AvgIpc) is 3.46. The Hall–Kier alpha value is -3.66. The van der Waals surface area contributed by atoms with Crippen LogP contribution in [0.5, 0.6) is 0 Å². The van der Waals surface area contributed by atoms with E-state index >= 15 is 0 Å². The smallest absolute Gasteiger partial charge is 0.253 e. The van der Waals surface area contributed by atoms with Crippen molar-refractivity contribution >= 4 is 39.5 Å². The van der Waals surface area contributed by atoms with E-state index < -0.39 is 11.7 Å². The first-order valence-electron chi connectivity index (χ1n) is 10.1. The maximum absolute atomic E-state index is 14.7. The molecule has 160 valence electrons. The fraction of sp³-hybridized carbons (Fsp3) is 0.286. The number of carbonyl (C=O) groups is 1. The summed E-state index contributed by atoms with van der Waals surface area (Å²) in [5.41, 5.74) is 14.1. The normalized spacial score (nSPS) is 16.6. The second kappa shape index (κ2) is 6.95. The van der Waals surface area contributed by atoms with Gasteiger partial charge in [-0.05, 0) is 38.6 Å². The van der Waals surface area contributed by atoms with Crippen molar-refractivity contribution in [1.82, 2.24) is 25.1 Å². The Labute approximate surface area is 177 Å². The second-order valence-corrected chi connectivity index (χ2v) is 7.88. The van der Waals surface area contributed by atoms with Crippen LogP contribution in [0.4, 0.5) is 16.0 Å². The van der Waals surface area contributed by atoms with Crippen molar-refractivity contribution in [2.24, 2.45) is 5.73 Å². The van der Waals surface area contributed by atoms with E-state index in [1.54, 1.807) is 23.8 Å². The van der Waals surface area contributed by atoms with Crippen LogP contribution in [-0.4, -0.2) is 51.8 Å². The number of hydrogen-bond acceptors (Lipinski definition) is 6. The lowest BCUT2D eigenvalue weighted by Crippen LogP contribution is -2.29. The molecule has 10 heteroatoms. The third-order valence-corrected chi connectivity index (χ3v) is 6.14. The summed E-state index contributed by atoms with van der Waals surface area (Å²) in [5.74, 6) is -0.193. The SMILES string of the molecule is CN[C@H]1CCN(c2ccc3c(C(N)=O)c(N)n(-c4c(C)c(F)cc5[nH]ncc45)c3n2)C1. The maximum atomic E-state index is 14.7. The number of amides is 1. The molecular formula is C21H23FN8O. The summed E-state index contributed by atoms with van der Waals surface area (Å²) in [6, 6.07) is 5.44. The van der Waals surface area contributed by atoms with Crippen LogP contribution < -0.4 is 21.7 Å². The molecule has 4 aromatic rings. The van der Waals surface area contributed by atoms with E-state index in [0.29, 0.717) is 39.2 Å². The molecule has 1 amide bonds. The molecule has 0 aliphatic carbocycles. The summed E-state index contributed by atoms with van der Waals surface area (Å²) in [7, 11) is 1.94. The van der Waals surface area contributed by atoms with Gasteiger partial charge in [-0.2, -0.15) is 5.10 Å². The first kappa shape index (κ1) is 19.3. The number of nitrogen functional groups attached to an aromatic ring is 1. The molecule has 0 saturated carbocycles. The van der Waals surface area contributed by atoms with Crippen molar-refractivity contribution in [3.8, 4) is 5.69 Å². The molecule has 1 saturated heterocycles. The van der Waals surface area contributed by atoms with Gasteiger partial charge >= 0.3 is 0 Å². The van der Waals surface area contributed by atoms with Crippen molar-refractivity contribution < 1.29 is 9.18 Å². The third kappa shape index (κ3) is 2.82. The number of nitrogens with one attached hydrogen (secondary N) is 2. The number of benzene rings is 1.